The van der Waals surface area contributed by atoms with Crippen molar-refractivity contribution in [3.63, 3.8) is 0 Å². The second-order valence-electron chi connectivity index (χ2n) is 6.79. The highest BCUT2D eigenvalue weighted by atomic mass is 35.5. The topological polar surface area (TPSA) is 63.3 Å². The summed E-state index contributed by atoms with van der Waals surface area (Å²) in [5, 5.41) is 9.29. The number of H-pyrrole nitrogens is 1. The largest absolute Gasteiger partial charge is 0.492 e. The van der Waals surface area contributed by atoms with Crippen LogP contribution < -0.4 is 4.74 Å². The van der Waals surface area contributed by atoms with Crippen LogP contribution in [0, 0.1) is 6.92 Å². The molecule has 1 fully saturated rings. The van der Waals surface area contributed by atoms with Crippen molar-refractivity contribution in [3.05, 3.63) is 62.8 Å². The zero-order valence-corrected chi connectivity index (χ0v) is 17.3. The molecule has 1 aliphatic heterocycles. The van der Waals surface area contributed by atoms with E-state index in [0.717, 1.165) is 42.5 Å². The summed E-state index contributed by atoms with van der Waals surface area (Å²) in [6.45, 7) is 5.95. The highest BCUT2D eigenvalue weighted by Gasteiger charge is 2.24. The van der Waals surface area contributed by atoms with Gasteiger partial charge in [-0.25, -0.2) is 4.98 Å². The number of morpholine rings is 1. The Hall–Kier alpha value is -1.93. The molecule has 1 N–H and O–H groups in total. The van der Waals surface area contributed by atoms with Gasteiger partial charge in [-0.15, -0.1) is 11.3 Å². The molecule has 6 nitrogen and oxygen atoms in total. The van der Waals surface area contributed by atoms with E-state index in [1.165, 1.54) is 4.88 Å². The van der Waals surface area contributed by atoms with Crippen LogP contribution in [0.15, 0.2) is 36.5 Å². The minimum atomic E-state index is -0.0164. The molecule has 0 bridgehead atoms. The Bertz CT molecular complexity index is 913. The Morgan fingerprint density at radius 2 is 2.29 bits per heavy atom. The fourth-order valence-corrected chi connectivity index (χ4v) is 4.26. The molecule has 1 saturated heterocycles. The van der Waals surface area contributed by atoms with Gasteiger partial charge in [0.15, 0.2) is 0 Å². The van der Waals surface area contributed by atoms with Gasteiger partial charge in [0.2, 0.25) is 0 Å². The van der Waals surface area contributed by atoms with Gasteiger partial charge in [-0.1, -0.05) is 23.7 Å². The molecule has 0 radical (unpaired) electrons. The first-order valence-corrected chi connectivity index (χ1v) is 10.5. The molecule has 2 aromatic heterocycles. The number of hydrogen-bond donors (Lipinski definition) is 1. The Morgan fingerprint density at radius 1 is 1.39 bits per heavy atom. The summed E-state index contributed by atoms with van der Waals surface area (Å²) in [6.07, 6.45) is 2.68. The van der Waals surface area contributed by atoms with Crippen molar-refractivity contribution < 1.29 is 9.47 Å². The number of aromatic nitrogens is 3. The predicted octanol–water partition coefficient (Wildman–Crippen LogP) is 4.02. The minimum absolute atomic E-state index is 0.0164. The summed E-state index contributed by atoms with van der Waals surface area (Å²) in [7, 11) is 0. The molecule has 8 heteroatoms. The number of nitrogens with zero attached hydrogens (tertiary/aromatic N) is 3. The maximum atomic E-state index is 6.12. The summed E-state index contributed by atoms with van der Waals surface area (Å²) in [5.74, 6) is 0.702. The first-order valence-electron chi connectivity index (χ1n) is 9.34. The smallest absolute Gasteiger partial charge is 0.137 e. The van der Waals surface area contributed by atoms with Crippen molar-refractivity contribution in [2.24, 2.45) is 0 Å². The van der Waals surface area contributed by atoms with Crippen LogP contribution >= 0.6 is 22.9 Å². The Labute approximate surface area is 173 Å². The molecule has 3 aromatic rings. The van der Waals surface area contributed by atoms with Gasteiger partial charge >= 0.3 is 0 Å². The van der Waals surface area contributed by atoms with Crippen LogP contribution in [0.4, 0.5) is 0 Å². The van der Waals surface area contributed by atoms with Crippen molar-refractivity contribution in [2.75, 3.05) is 26.3 Å². The molecular weight excluding hydrogens is 396 g/mol. The van der Waals surface area contributed by atoms with E-state index >= 15 is 0 Å². The van der Waals surface area contributed by atoms with Crippen molar-refractivity contribution in [3.8, 4) is 5.75 Å². The second kappa shape index (κ2) is 9.05. The highest BCUT2D eigenvalue weighted by Crippen LogP contribution is 2.25. The molecule has 148 valence electrons. The van der Waals surface area contributed by atoms with Gasteiger partial charge in [-0.3, -0.25) is 10.00 Å². The van der Waals surface area contributed by atoms with Crippen molar-refractivity contribution in [2.45, 2.75) is 26.0 Å². The highest BCUT2D eigenvalue weighted by molar-refractivity contribution is 7.11. The molecule has 1 atom stereocenters. The number of nitrogens with one attached hydrogen (secondary N) is 1. The summed E-state index contributed by atoms with van der Waals surface area (Å²) >= 11 is 7.87. The molecule has 0 aliphatic carbocycles. The van der Waals surface area contributed by atoms with Gasteiger partial charge in [0.25, 0.3) is 0 Å². The number of halogens is 1. The molecule has 28 heavy (non-hydrogen) atoms. The Morgan fingerprint density at radius 3 is 3.11 bits per heavy atom. The Balaban J connectivity index is 1.30. The summed E-state index contributed by atoms with van der Waals surface area (Å²) in [6, 6.07) is 9.57. The van der Waals surface area contributed by atoms with E-state index in [2.05, 4.69) is 26.1 Å². The van der Waals surface area contributed by atoms with Gasteiger partial charge in [-0.05, 0) is 25.1 Å². The average molecular weight is 419 g/mol. The Kier molecular flexibility index (Phi) is 6.26. The minimum Gasteiger partial charge on any atom is -0.492 e. The van der Waals surface area contributed by atoms with E-state index in [4.69, 9.17) is 21.1 Å². The second-order valence-corrected chi connectivity index (χ2v) is 8.51. The van der Waals surface area contributed by atoms with Crippen LogP contribution in [0.5, 0.6) is 5.75 Å². The van der Waals surface area contributed by atoms with Gasteiger partial charge in [-0.2, -0.15) is 5.10 Å². The van der Waals surface area contributed by atoms with Gasteiger partial charge < -0.3 is 9.47 Å². The fraction of sp³-hybridized carbons (Fsp3) is 0.400. The molecule has 1 aliphatic rings. The number of aryl methyl sites for hydroxylation is 1. The number of aromatic amines is 1. The molecular formula is C20H23ClN4O2S. The van der Waals surface area contributed by atoms with Gasteiger partial charge in [0.1, 0.15) is 11.9 Å². The van der Waals surface area contributed by atoms with Crippen molar-refractivity contribution >= 4 is 22.9 Å². The van der Waals surface area contributed by atoms with E-state index in [1.54, 1.807) is 11.3 Å². The molecule has 0 spiro atoms. The SMILES string of the molecule is Cc1ncc(CN2CCOC(c3cc(CCOc4ccccc4Cl)[nH]n3)C2)s1. The number of thiazole rings is 1. The lowest BCUT2D eigenvalue weighted by molar-refractivity contribution is -0.0347. The lowest BCUT2D eigenvalue weighted by atomic mass is 10.2. The summed E-state index contributed by atoms with van der Waals surface area (Å²) in [4.78, 5) is 8.03. The number of para-hydroxylation sites is 1. The average Bonchev–Trinajstić information content (AvgIpc) is 3.33. The first-order chi connectivity index (χ1) is 13.7. The fourth-order valence-electron chi connectivity index (χ4n) is 3.23. The monoisotopic (exact) mass is 418 g/mol. The van der Waals surface area contributed by atoms with Gasteiger partial charge in [0, 0.05) is 42.8 Å². The first kappa shape index (κ1) is 19.4. The molecule has 0 saturated carbocycles. The lowest BCUT2D eigenvalue weighted by Crippen LogP contribution is -2.37. The number of benzene rings is 1. The molecule has 1 aromatic carbocycles. The third-order valence-electron chi connectivity index (χ3n) is 4.65. The zero-order valence-electron chi connectivity index (χ0n) is 15.7. The quantitative estimate of drug-likeness (QED) is 0.627. The molecule has 4 rings (SSSR count). The molecule has 3 heterocycles. The van der Waals surface area contributed by atoms with Crippen molar-refractivity contribution in [1.29, 1.82) is 0 Å². The van der Waals surface area contributed by atoms with E-state index in [-0.39, 0.29) is 6.10 Å². The normalized spacial score (nSPS) is 17.7. The maximum Gasteiger partial charge on any atom is 0.137 e. The van der Waals surface area contributed by atoms with Crippen LogP contribution in [-0.4, -0.2) is 46.4 Å². The summed E-state index contributed by atoms with van der Waals surface area (Å²) in [5.41, 5.74) is 1.97. The maximum absolute atomic E-state index is 6.12. The van der Waals surface area contributed by atoms with E-state index < -0.39 is 0 Å². The third-order valence-corrected chi connectivity index (χ3v) is 5.86. The van der Waals surface area contributed by atoms with Gasteiger partial charge in [0.05, 0.1) is 28.9 Å². The number of hydrogen-bond acceptors (Lipinski definition) is 6. The zero-order chi connectivity index (χ0) is 19.3. The third kappa shape index (κ3) is 4.91. The van der Waals surface area contributed by atoms with Crippen LogP contribution in [0.25, 0.3) is 0 Å². The molecule has 1 unspecified atom stereocenters. The van der Waals surface area contributed by atoms with Crippen LogP contribution in [0.1, 0.15) is 27.4 Å². The van der Waals surface area contributed by atoms with Crippen molar-refractivity contribution in [1.82, 2.24) is 20.1 Å². The predicted molar refractivity (Wildman–Crippen MR) is 110 cm³/mol. The van der Waals surface area contributed by atoms with Crippen LogP contribution in [-0.2, 0) is 17.7 Å². The van der Waals surface area contributed by atoms with Crippen LogP contribution in [0.3, 0.4) is 0 Å². The van der Waals surface area contributed by atoms with Crippen LogP contribution in [0.2, 0.25) is 5.02 Å². The summed E-state index contributed by atoms with van der Waals surface area (Å²) < 4.78 is 11.7. The number of rotatable bonds is 7. The molecule has 0 amide bonds. The lowest BCUT2D eigenvalue weighted by Gasteiger charge is -2.31. The van der Waals surface area contributed by atoms with E-state index in [0.29, 0.717) is 24.0 Å². The standard InChI is InChI=1S/C20H23ClN4O2S/c1-14-22-11-16(28-14)12-25-7-9-27-20(13-25)18-10-15(23-24-18)6-8-26-19-5-3-2-4-17(19)21/h2-5,10-11,20H,6-9,12-13H2,1H3,(H,23,24). The van der Waals surface area contributed by atoms with E-state index in [1.807, 2.05) is 37.4 Å². The van der Waals surface area contributed by atoms with E-state index in [9.17, 15) is 0 Å². The number of ether oxygens (including phenoxy) is 2.